The van der Waals surface area contributed by atoms with Gasteiger partial charge >= 0.3 is 0 Å². The van der Waals surface area contributed by atoms with E-state index in [1.165, 1.54) is 23.6 Å². The fourth-order valence-corrected chi connectivity index (χ4v) is 4.28. The summed E-state index contributed by atoms with van der Waals surface area (Å²) in [7, 11) is 0. The third-order valence-electron chi connectivity index (χ3n) is 5.95. The molecular formula is C19H28N6O5. The number of nitrogen functional groups attached to an aromatic ring is 1. The molecule has 0 radical (unpaired) electrons. The highest BCUT2D eigenvalue weighted by Crippen LogP contribution is 2.34. The Hall–Kier alpha value is -2.34. The molecule has 1 saturated carbocycles. The van der Waals surface area contributed by atoms with E-state index >= 15 is 0 Å². The Morgan fingerprint density at radius 2 is 2.00 bits per heavy atom. The zero-order valence-electron chi connectivity index (χ0n) is 16.6. The molecular weight excluding hydrogens is 392 g/mol. The zero-order valence-corrected chi connectivity index (χ0v) is 16.6. The molecule has 6 N–H and O–H groups in total. The first-order valence-electron chi connectivity index (χ1n) is 10.4. The number of aliphatic hydroxyl groups is 3. The number of hydrogen-bond acceptors (Lipinski definition) is 9. The molecule has 0 bridgehead atoms. The number of hydrogen-bond donors (Lipinski definition) is 5. The van der Waals surface area contributed by atoms with Gasteiger partial charge in [-0.25, -0.2) is 15.0 Å². The summed E-state index contributed by atoms with van der Waals surface area (Å²) < 4.78 is 7.21. The number of aliphatic hydroxyl groups excluding tert-OH is 3. The highest BCUT2D eigenvalue weighted by Gasteiger charge is 2.47. The van der Waals surface area contributed by atoms with Gasteiger partial charge in [-0.3, -0.25) is 9.36 Å². The molecule has 4 rings (SSSR count). The van der Waals surface area contributed by atoms with Crippen LogP contribution in [0.5, 0.6) is 0 Å². The standard InChI is InChI=1S/C19H28N6O5/c20-17-13-18(22-8-21-17)25(9-23-13)19-15(29)14(28)16(30-19)11(26)6-7-12(27)24-10-4-2-1-3-5-10/h8-11,14-16,19,26,28-29H,1-7H2,(H,24,27)(H2,20,21,22)/t11?,14-,15+,16+,19+/m0/s1. The van der Waals surface area contributed by atoms with Crippen LogP contribution < -0.4 is 11.1 Å². The molecule has 0 spiro atoms. The van der Waals surface area contributed by atoms with E-state index < -0.39 is 30.6 Å². The highest BCUT2D eigenvalue weighted by atomic mass is 16.6. The van der Waals surface area contributed by atoms with Gasteiger partial charge < -0.3 is 31.1 Å². The lowest BCUT2D eigenvalue weighted by atomic mass is 9.95. The smallest absolute Gasteiger partial charge is 0.220 e. The Kier molecular flexibility index (Phi) is 6.14. The van der Waals surface area contributed by atoms with Gasteiger partial charge in [-0.15, -0.1) is 0 Å². The molecule has 1 amide bonds. The van der Waals surface area contributed by atoms with E-state index in [1.807, 2.05) is 0 Å². The third kappa shape index (κ3) is 4.10. The van der Waals surface area contributed by atoms with E-state index in [0.717, 1.165) is 25.7 Å². The summed E-state index contributed by atoms with van der Waals surface area (Å²) >= 11 is 0. The largest absolute Gasteiger partial charge is 0.390 e. The number of nitrogens with zero attached hydrogens (tertiary/aromatic N) is 4. The first-order chi connectivity index (χ1) is 14.5. The van der Waals surface area contributed by atoms with Gasteiger partial charge in [0.1, 0.15) is 30.2 Å². The van der Waals surface area contributed by atoms with Gasteiger partial charge in [0.2, 0.25) is 5.91 Å². The number of nitrogens with one attached hydrogen (secondary N) is 1. The van der Waals surface area contributed by atoms with Crippen molar-refractivity contribution in [3.63, 3.8) is 0 Å². The quantitative estimate of drug-likeness (QED) is 0.418. The number of aromatic nitrogens is 4. The summed E-state index contributed by atoms with van der Waals surface area (Å²) in [5, 5.41) is 34.4. The van der Waals surface area contributed by atoms with Gasteiger partial charge in [-0.1, -0.05) is 19.3 Å². The van der Waals surface area contributed by atoms with E-state index in [1.54, 1.807) is 0 Å². The predicted octanol–water partition coefficient (Wildman–Crippen LogP) is -0.382. The van der Waals surface area contributed by atoms with E-state index in [-0.39, 0.29) is 30.6 Å². The molecule has 11 heteroatoms. The number of imidazole rings is 1. The molecule has 2 fully saturated rings. The Morgan fingerprint density at radius 1 is 1.23 bits per heavy atom. The van der Waals surface area contributed by atoms with E-state index in [9.17, 15) is 20.1 Å². The first-order valence-corrected chi connectivity index (χ1v) is 10.4. The predicted molar refractivity (Wildman–Crippen MR) is 106 cm³/mol. The van der Waals surface area contributed by atoms with Crippen molar-refractivity contribution in [2.45, 2.75) is 81.6 Å². The Morgan fingerprint density at radius 3 is 2.77 bits per heavy atom. The van der Waals surface area contributed by atoms with Gasteiger partial charge in [0.15, 0.2) is 17.7 Å². The summed E-state index contributed by atoms with van der Waals surface area (Å²) in [6, 6.07) is 0.201. The van der Waals surface area contributed by atoms with Crippen molar-refractivity contribution in [2.24, 2.45) is 0 Å². The van der Waals surface area contributed by atoms with Crippen LogP contribution >= 0.6 is 0 Å². The molecule has 1 aliphatic heterocycles. The van der Waals surface area contributed by atoms with Crippen molar-refractivity contribution < 1.29 is 24.9 Å². The zero-order chi connectivity index (χ0) is 21.3. The Bertz CT molecular complexity index is 885. The monoisotopic (exact) mass is 420 g/mol. The fraction of sp³-hybridized carbons (Fsp3) is 0.684. The number of nitrogens with two attached hydrogens (primary N) is 1. The minimum atomic E-state index is -1.33. The van der Waals surface area contributed by atoms with Crippen LogP contribution in [0, 0.1) is 0 Å². The minimum Gasteiger partial charge on any atom is -0.390 e. The maximum Gasteiger partial charge on any atom is 0.220 e. The number of fused-ring (bicyclic) bond motifs is 1. The maximum absolute atomic E-state index is 12.2. The van der Waals surface area contributed by atoms with E-state index in [0.29, 0.717) is 11.2 Å². The number of rotatable bonds is 6. The third-order valence-corrected chi connectivity index (χ3v) is 5.95. The molecule has 5 atom stereocenters. The van der Waals surface area contributed by atoms with Gasteiger partial charge in [0, 0.05) is 12.5 Å². The SMILES string of the molecule is Nc1ncnc2c1ncn2[C@@H]1O[C@H](C(O)CCC(=O)NC2CCCCC2)[C@@H](O)[C@H]1O. The van der Waals surface area contributed by atoms with E-state index in [2.05, 4.69) is 20.3 Å². The highest BCUT2D eigenvalue weighted by molar-refractivity contribution is 5.81. The number of ether oxygens (including phenoxy) is 1. The molecule has 0 aromatic carbocycles. The molecule has 2 aliphatic rings. The number of carbonyl (C=O) groups is 1. The van der Waals surface area contributed by atoms with Crippen molar-refractivity contribution >= 4 is 22.9 Å². The molecule has 1 aliphatic carbocycles. The summed E-state index contributed by atoms with van der Waals surface area (Å²) in [5.74, 6) is 0.0608. The topological polar surface area (TPSA) is 169 Å². The second-order valence-corrected chi connectivity index (χ2v) is 8.06. The summed E-state index contributed by atoms with van der Waals surface area (Å²) in [6.45, 7) is 0. The number of carbonyl (C=O) groups excluding carboxylic acids is 1. The molecule has 1 unspecified atom stereocenters. The average molecular weight is 420 g/mol. The lowest BCUT2D eigenvalue weighted by Crippen LogP contribution is -2.40. The Balaban J connectivity index is 1.37. The molecule has 164 valence electrons. The van der Waals surface area contributed by atoms with Crippen LogP contribution in [-0.2, 0) is 9.53 Å². The molecule has 2 aromatic heterocycles. The van der Waals surface area contributed by atoms with E-state index in [4.69, 9.17) is 10.5 Å². The van der Waals surface area contributed by atoms with Crippen molar-refractivity contribution in [2.75, 3.05) is 5.73 Å². The summed E-state index contributed by atoms with van der Waals surface area (Å²) in [6.07, 6.45) is 2.48. The normalized spacial score (nSPS) is 28.6. The van der Waals surface area contributed by atoms with Crippen molar-refractivity contribution in [3.8, 4) is 0 Å². The van der Waals surface area contributed by atoms with Crippen LogP contribution in [-0.4, -0.2) is 71.2 Å². The van der Waals surface area contributed by atoms with Gasteiger partial charge in [0.05, 0.1) is 12.4 Å². The maximum atomic E-state index is 12.2. The summed E-state index contributed by atoms with van der Waals surface area (Å²) in [4.78, 5) is 24.3. The lowest BCUT2D eigenvalue weighted by Gasteiger charge is -2.24. The average Bonchev–Trinajstić information content (AvgIpc) is 3.29. The molecule has 3 heterocycles. The lowest BCUT2D eigenvalue weighted by molar-refractivity contribution is -0.124. The van der Waals surface area contributed by atoms with Crippen LogP contribution in [0.2, 0.25) is 0 Å². The van der Waals surface area contributed by atoms with Crippen LogP contribution in [0.15, 0.2) is 12.7 Å². The fourth-order valence-electron chi connectivity index (χ4n) is 4.28. The second-order valence-electron chi connectivity index (χ2n) is 8.06. The van der Waals surface area contributed by atoms with Gasteiger partial charge in [-0.05, 0) is 19.3 Å². The molecule has 2 aromatic rings. The van der Waals surface area contributed by atoms with Crippen molar-refractivity contribution in [3.05, 3.63) is 12.7 Å². The molecule has 30 heavy (non-hydrogen) atoms. The molecule has 11 nitrogen and oxygen atoms in total. The summed E-state index contributed by atoms with van der Waals surface area (Å²) in [5.41, 5.74) is 6.48. The first kappa shape index (κ1) is 20.9. The van der Waals surface area contributed by atoms with Crippen LogP contribution in [0.3, 0.4) is 0 Å². The number of amides is 1. The van der Waals surface area contributed by atoms with Crippen molar-refractivity contribution in [1.82, 2.24) is 24.8 Å². The van der Waals surface area contributed by atoms with Gasteiger partial charge in [0.25, 0.3) is 0 Å². The van der Waals surface area contributed by atoms with Gasteiger partial charge in [-0.2, -0.15) is 0 Å². The van der Waals surface area contributed by atoms with Crippen LogP contribution in [0.4, 0.5) is 5.82 Å². The molecule has 1 saturated heterocycles. The second kappa shape index (κ2) is 8.80. The number of anilines is 1. The van der Waals surface area contributed by atoms with Crippen molar-refractivity contribution in [1.29, 1.82) is 0 Å². The minimum absolute atomic E-state index is 0.111. The van der Waals surface area contributed by atoms with Crippen LogP contribution in [0.1, 0.15) is 51.2 Å². The van der Waals surface area contributed by atoms with Crippen LogP contribution in [0.25, 0.3) is 11.2 Å². The Labute approximate surface area is 173 Å².